The van der Waals surface area contributed by atoms with Crippen molar-refractivity contribution in [1.29, 1.82) is 5.41 Å². The fourth-order valence-corrected chi connectivity index (χ4v) is 1.60. The zero-order valence-electron chi connectivity index (χ0n) is 8.95. The average Bonchev–Trinajstić information content (AvgIpc) is 2.75. The van der Waals surface area contributed by atoms with Crippen molar-refractivity contribution in [2.24, 2.45) is 0 Å². The van der Waals surface area contributed by atoms with Gasteiger partial charge in [0.1, 0.15) is 0 Å². The lowest BCUT2D eigenvalue weighted by molar-refractivity contribution is 0.567. The van der Waals surface area contributed by atoms with Crippen LogP contribution in [-0.4, -0.2) is 5.71 Å². The zero-order chi connectivity index (χ0) is 11.7. The van der Waals surface area contributed by atoms with Crippen LogP contribution in [0.2, 0.25) is 0 Å². The van der Waals surface area contributed by atoms with E-state index < -0.39 is 0 Å². The minimum atomic E-state index is 0.321. The Labute approximate surface area is 93.4 Å². The number of nitrogens with one attached hydrogen (secondary N) is 1. The van der Waals surface area contributed by atoms with E-state index in [-0.39, 0.29) is 0 Å². The fourth-order valence-electron chi connectivity index (χ4n) is 1.60. The van der Waals surface area contributed by atoms with Gasteiger partial charge in [0.15, 0.2) is 0 Å². The SMILES string of the molecule is Cc1cc(N)cc(C(=N)c2ccoc2)c1N. The van der Waals surface area contributed by atoms with Gasteiger partial charge in [-0.1, -0.05) is 0 Å². The Morgan fingerprint density at radius 3 is 2.69 bits per heavy atom. The zero-order valence-corrected chi connectivity index (χ0v) is 8.95. The molecule has 0 saturated heterocycles. The molecule has 82 valence electrons. The van der Waals surface area contributed by atoms with E-state index in [0.29, 0.717) is 28.2 Å². The molecule has 2 aromatic rings. The van der Waals surface area contributed by atoms with Gasteiger partial charge in [0, 0.05) is 22.5 Å². The standard InChI is InChI=1S/C12H13N3O/c1-7-4-9(13)5-10(11(7)14)12(15)8-2-3-16-6-8/h2-6,15H,13-14H2,1H3. The first-order chi connectivity index (χ1) is 7.59. The van der Waals surface area contributed by atoms with Gasteiger partial charge in [-0.3, -0.25) is 5.41 Å². The summed E-state index contributed by atoms with van der Waals surface area (Å²) < 4.78 is 4.94. The van der Waals surface area contributed by atoms with Gasteiger partial charge < -0.3 is 15.9 Å². The molecule has 1 aromatic carbocycles. The fraction of sp³-hybridized carbons (Fsp3) is 0.0833. The maximum atomic E-state index is 8.03. The van der Waals surface area contributed by atoms with Crippen molar-refractivity contribution in [3.05, 3.63) is 47.4 Å². The van der Waals surface area contributed by atoms with Gasteiger partial charge >= 0.3 is 0 Å². The average molecular weight is 215 g/mol. The van der Waals surface area contributed by atoms with E-state index in [4.69, 9.17) is 21.3 Å². The number of hydrogen-bond acceptors (Lipinski definition) is 4. The van der Waals surface area contributed by atoms with Crippen molar-refractivity contribution in [1.82, 2.24) is 0 Å². The first-order valence-corrected chi connectivity index (χ1v) is 4.86. The van der Waals surface area contributed by atoms with Gasteiger partial charge in [-0.25, -0.2) is 0 Å². The Bertz CT molecular complexity index is 529. The van der Waals surface area contributed by atoms with Crippen LogP contribution in [0.3, 0.4) is 0 Å². The van der Waals surface area contributed by atoms with Crippen LogP contribution in [0.25, 0.3) is 0 Å². The topological polar surface area (TPSA) is 89.0 Å². The van der Waals surface area contributed by atoms with Gasteiger partial charge in [0.2, 0.25) is 0 Å². The van der Waals surface area contributed by atoms with E-state index in [1.165, 1.54) is 12.5 Å². The molecule has 1 aromatic heterocycles. The van der Waals surface area contributed by atoms with Crippen LogP contribution < -0.4 is 11.5 Å². The molecule has 16 heavy (non-hydrogen) atoms. The number of benzene rings is 1. The van der Waals surface area contributed by atoms with Crippen molar-refractivity contribution < 1.29 is 4.42 Å². The molecule has 0 amide bonds. The summed E-state index contributed by atoms with van der Waals surface area (Å²) in [7, 11) is 0. The second-order valence-electron chi connectivity index (χ2n) is 3.69. The highest BCUT2D eigenvalue weighted by Crippen LogP contribution is 2.23. The lowest BCUT2D eigenvalue weighted by Crippen LogP contribution is -2.07. The lowest BCUT2D eigenvalue weighted by Gasteiger charge is -2.10. The van der Waals surface area contributed by atoms with Crippen LogP contribution in [0.4, 0.5) is 11.4 Å². The number of nitrogens with two attached hydrogens (primary N) is 2. The normalized spacial score (nSPS) is 10.3. The molecule has 0 aliphatic heterocycles. The van der Waals surface area contributed by atoms with E-state index in [0.717, 1.165) is 5.56 Å². The Balaban J connectivity index is 2.52. The molecule has 4 nitrogen and oxygen atoms in total. The number of furan rings is 1. The second kappa shape index (κ2) is 3.73. The van der Waals surface area contributed by atoms with E-state index in [1.807, 2.05) is 6.92 Å². The molecule has 0 saturated carbocycles. The molecule has 0 aliphatic rings. The summed E-state index contributed by atoms with van der Waals surface area (Å²) >= 11 is 0. The summed E-state index contributed by atoms with van der Waals surface area (Å²) in [5, 5.41) is 8.03. The van der Waals surface area contributed by atoms with Gasteiger partial charge in [-0.2, -0.15) is 0 Å². The summed E-state index contributed by atoms with van der Waals surface area (Å²) in [4.78, 5) is 0. The minimum absolute atomic E-state index is 0.321. The molecular weight excluding hydrogens is 202 g/mol. The quantitative estimate of drug-likeness (QED) is 0.529. The van der Waals surface area contributed by atoms with Gasteiger partial charge in [-0.15, -0.1) is 0 Å². The highest BCUT2D eigenvalue weighted by Gasteiger charge is 2.11. The Morgan fingerprint density at radius 2 is 2.06 bits per heavy atom. The monoisotopic (exact) mass is 215 g/mol. The van der Waals surface area contributed by atoms with E-state index in [2.05, 4.69) is 0 Å². The molecule has 0 unspecified atom stereocenters. The Kier molecular flexibility index (Phi) is 2.40. The molecule has 0 radical (unpaired) electrons. The van der Waals surface area contributed by atoms with Crippen molar-refractivity contribution in [3.63, 3.8) is 0 Å². The van der Waals surface area contributed by atoms with Crippen LogP contribution in [0.15, 0.2) is 35.1 Å². The molecule has 0 fully saturated rings. The van der Waals surface area contributed by atoms with Crippen LogP contribution in [0, 0.1) is 12.3 Å². The third-order valence-electron chi connectivity index (χ3n) is 2.49. The Hall–Kier alpha value is -2.23. The van der Waals surface area contributed by atoms with Crippen molar-refractivity contribution in [2.45, 2.75) is 6.92 Å². The maximum absolute atomic E-state index is 8.03. The minimum Gasteiger partial charge on any atom is -0.472 e. The molecule has 0 spiro atoms. The number of aryl methyl sites for hydroxylation is 1. The van der Waals surface area contributed by atoms with Crippen LogP contribution in [0.1, 0.15) is 16.7 Å². The van der Waals surface area contributed by atoms with E-state index in [9.17, 15) is 0 Å². The van der Waals surface area contributed by atoms with Gasteiger partial charge in [-0.05, 0) is 30.7 Å². The first-order valence-electron chi connectivity index (χ1n) is 4.86. The van der Waals surface area contributed by atoms with E-state index >= 15 is 0 Å². The molecule has 0 aliphatic carbocycles. The van der Waals surface area contributed by atoms with Gasteiger partial charge in [0.05, 0.1) is 18.2 Å². The van der Waals surface area contributed by atoms with Crippen LogP contribution >= 0.6 is 0 Å². The molecule has 2 rings (SSSR count). The number of rotatable bonds is 2. The van der Waals surface area contributed by atoms with Crippen molar-refractivity contribution in [3.8, 4) is 0 Å². The number of anilines is 2. The molecule has 0 bridgehead atoms. The summed E-state index contributed by atoms with van der Waals surface area (Å²) in [5.74, 6) is 0. The Morgan fingerprint density at radius 1 is 1.31 bits per heavy atom. The molecule has 5 N–H and O–H groups in total. The predicted molar refractivity (Wildman–Crippen MR) is 64.6 cm³/mol. The molecular formula is C12H13N3O. The van der Waals surface area contributed by atoms with Crippen LogP contribution in [0.5, 0.6) is 0 Å². The maximum Gasteiger partial charge on any atom is 0.0996 e. The highest BCUT2D eigenvalue weighted by molar-refractivity contribution is 6.14. The summed E-state index contributed by atoms with van der Waals surface area (Å²) in [6.45, 7) is 1.87. The highest BCUT2D eigenvalue weighted by atomic mass is 16.3. The predicted octanol–water partition coefficient (Wildman–Crippen LogP) is 2.17. The third-order valence-corrected chi connectivity index (χ3v) is 2.49. The lowest BCUT2D eigenvalue weighted by atomic mass is 9.99. The largest absolute Gasteiger partial charge is 0.472 e. The summed E-state index contributed by atoms with van der Waals surface area (Å²) in [6.07, 6.45) is 3.04. The van der Waals surface area contributed by atoms with Gasteiger partial charge in [0.25, 0.3) is 0 Å². The van der Waals surface area contributed by atoms with Crippen molar-refractivity contribution >= 4 is 17.1 Å². The van der Waals surface area contributed by atoms with Crippen molar-refractivity contribution in [2.75, 3.05) is 11.5 Å². The number of hydrogen-bond donors (Lipinski definition) is 3. The molecule has 4 heteroatoms. The third kappa shape index (κ3) is 1.65. The first kappa shape index (κ1) is 10.3. The second-order valence-corrected chi connectivity index (χ2v) is 3.69. The molecule has 1 heterocycles. The smallest absolute Gasteiger partial charge is 0.0996 e. The van der Waals surface area contributed by atoms with E-state index in [1.54, 1.807) is 18.2 Å². The van der Waals surface area contributed by atoms with Crippen LogP contribution in [-0.2, 0) is 0 Å². The summed E-state index contributed by atoms with van der Waals surface area (Å²) in [5.41, 5.74) is 15.4. The summed E-state index contributed by atoms with van der Waals surface area (Å²) in [6, 6.07) is 5.22. The molecule has 0 atom stereocenters. The number of nitrogen functional groups attached to an aromatic ring is 2.